The molecule has 0 aliphatic rings. The summed E-state index contributed by atoms with van der Waals surface area (Å²) in [5, 5.41) is 5.02. The molecule has 0 radical (unpaired) electrons. The van der Waals surface area contributed by atoms with Crippen LogP contribution in [0.4, 0.5) is 0 Å². The molecule has 0 saturated heterocycles. The Kier molecular flexibility index (Phi) is 4.61. The van der Waals surface area contributed by atoms with Crippen molar-refractivity contribution in [3.8, 4) is 17.1 Å². The fraction of sp³-hybridized carbons (Fsp3) is 0. The molecule has 0 fully saturated rings. The largest absolute Gasteiger partial charge is 0.309 e. The van der Waals surface area contributed by atoms with E-state index in [-0.39, 0.29) is 0 Å². The van der Waals surface area contributed by atoms with Gasteiger partial charge in [0, 0.05) is 38.6 Å². The van der Waals surface area contributed by atoms with Crippen LogP contribution in [0, 0.1) is 0 Å². The van der Waals surface area contributed by atoms with E-state index in [2.05, 4.69) is 165 Å². The Hall–Kier alpha value is -5.54. The number of hydrogen-bond donors (Lipinski definition) is 0. The van der Waals surface area contributed by atoms with Gasteiger partial charge in [0.05, 0.1) is 33.1 Å². The number of fused-ring (bicyclic) bond motifs is 8. The van der Waals surface area contributed by atoms with Crippen molar-refractivity contribution < 1.29 is 0 Å². The van der Waals surface area contributed by atoms with E-state index in [0.29, 0.717) is 0 Å². The van der Waals surface area contributed by atoms with E-state index in [9.17, 15) is 0 Å². The number of benzene rings is 6. The van der Waals surface area contributed by atoms with E-state index in [1.807, 2.05) is 0 Å². The number of para-hydroxylation sites is 5. The van der Waals surface area contributed by atoms with Gasteiger partial charge < -0.3 is 13.7 Å². The van der Waals surface area contributed by atoms with Crippen LogP contribution in [-0.4, -0.2) is 13.7 Å². The van der Waals surface area contributed by atoms with Crippen LogP contribution in [0.2, 0.25) is 0 Å². The van der Waals surface area contributed by atoms with E-state index in [0.717, 1.165) is 11.4 Å². The van der Waals surface area contributed by atoms with E-state index in [4.69, 9.17) is 0 Å². The number of nitrogens with zero attached hydrogens (tertiary/aromatic N) is 3. The fourth-order valence-electron chi connectivity index (χ4n) is 6.77. The molecule has 0 N–H and O–H groups in total. The maximum atomic E-state index is 2.45. The monoisotopic (exact) mass is 523 g/mol. The lowest BCUT2D eigenvalue weighted by molar-refractivity contribution is 1.14. The van der Waals surface area contributed by atoms with Gasteiger partial charge in [-0.1, -0.05) is 97.1 Å². The smallest absolute Gasteiger partial charge is 0.0803 e. The molecule has 0 unspecified atom stereocenters. The summed E-state index contributed by atoms with van der Waals surface area (Å²) in [6.07, 6.45) is 0. The maximum absolute atomic E-state index is 2.45. The summed E-state index contributed by atoms with van der Waals surface area (Å²) in [6, 6.07) is 54.6. The van der Waals surface area contributed by atoms with Crippen LogP contribution < -0.4 is 0 Å². The molecule has 0 aliphatic heterocycles. The lowest BCUT2D eigenvalue weighted by Crippen LogP contribution is -1.98. The molecule has 9 aromatic rings. The summed E-state index contributed by atoms with van der Waals surface area (Å²) in [5.41, 5.74) is 10.8. The van der Waals surface area contributed by atoms with Crippen LogP contribution in [0.5, 0.6) is 0 Å². The summed E-state index contributed by atoms with van der Waals surface area (Å²) in [5.74, 6) is 0. The zero-order valence-corrected chi connectivity index (χ0v) is 22.3. The molecule has 3 heteroatoms. The van der Waals surface area contributed by atoms with Crippen molar-refractivity contribution in [1.29, 1.82) is 0 Å². The van der Waals surface area contributed by atoms with Crippen molar-refractivity contribution in [2.45, 2.75) is 0 Å². The van der Waals surface area contributed by atoms with Crippen molar-refractivity contribution in [1.82, 2.24) is 13.7 Å². The van der Waals surface area contributed by atoms with Crippen molar-refractivity contribution in [3.63, 3.8) is 0 Å². The average molecular weight is 524 g/mol. The molecule has 41 heavy (non-hydrogen) atoms. The van der Waals surface area contributed by atoms with Gasteiger partial charge in [-0.3, -0.25) is 0 Å². The van der Waals surface area contributed by atoms with Crippen molar-refractivity contribution in [2.24, 2.45) is 0 Å². The van der Waals surface area contributed by atoms with Crippen molar-refractivity contribution in [2.75, 3.05) is 0 Å². The number of rotatable bonds is 3. The Morgan fingerprint density at radius 2 is 0.634 bits per heavy atom. The predicted octanol–water partition coefficient (Wildman–Crippen LogP) is 9.82. The van der Waals surface area contributed by atoms with Crippen molar-refractivity contribution in [3.05, 3.63) is 152 Å². The summed E-state index contributed by atoms with van der Waals surface area (Å²) < 4.78 is 7.26. The topological polar surface area (TPSA) is 14.8 Å². The highest BCUT2D eigenvalue weighted by molar-refractivity contribution is 6.20. The van der Waals surface area contributed by atoms with Gasteiger partial charge in [0.1, 0.15) is 0 Å². The van der Waals surface area contributed by atoms with E-state index in [1.54, 1.807) is 0 Å². The summed E-state index contributed by atoms with van der Waals surface area (Å²) in [7, 11) is 0. The van der Waals surface area contributed by atoms with Crippen LogP contribution in [0.25, 0.3) is 71.7 Å². The Balaban J connectivity index is 1.40. The normalized spacial score (nSPS) is 11.9. The SMILES string of the molecule is c1ccc(-n2c3ccccc3c3c2c2ccccc2n3-c2cccc(-n3c4ccccc4c4ccccc43)c2)cc1. The minimum atomic E-state index is 1.14. The lowest BCUT2D eigenvalue weighted by atomic mass is 10.2. The Bertz CT molecular complexity index is 2360. The highest BCUT2D eigenvalue weighted by Gasteiger charge is 2.22. The molecule has 0 bridgehead atoms. The summed E-state index contributed by atoms with van der Waals surface area (Å²) in [4.78, 5) is 0. The molecule has 0 saturated carbocycles. The van der Waals surface area contributed by atoms with E-state index >= 15 is 0 Å². The zero-order valence-electron chi connectivity index (χ0n) is 22.3. The average Bonchev–Trinajstić information content (AvgIpc) is 3.67. The first-order valence-electron chi connectivity index (χ1n) is 14.1. The van der Waals surface area contributed by atoms with Crippen molar-refractivity contribution >= 4 is 54.6 Å². The van der Waals surface area contributed by atoms with Crippen LogP contribution >= 0.6 is 0 Å². The third-order valence-corrected chi connectivity index (χ3v) is 8.41. The summed E-state index contributed by atoms with van der Waals surface area (Å²) in [6.45, 7) is 0. The van der Waals surface area contributed by atoms with Gasteiger partial charge in [0.15, 0.2) is 0 Å². The van der Waals surface area contributed by atoms with Gasteiger partial charge >= 0.3 is 0 Å². The second-order valence-electron chi connectivity index (χ2n) is 10.6. The molecular formula is C38H25N3. The maximum Gasteiger partial charge on any atom is 0.0803 e. The molecule has 9 rings (SSSR count). The van der Waals surface area contributed by atoms with Gasteiger partial charge in [-0.25, -0.2) is 0 Å². The molecule has 0 spiro atoms. The first-order chi connectivity index (χ1) is 20.4. The molecule has 0 aliphatic carbocycles. The first kappa shape index (κ1) is 22.3. The molecule has 192 valence electrons. The minimum Gasteiger partial charge on any atom is -0.309 e. The Morgan fingerprint density at radius 3 is 1.17 bits per heavy atom. The quantitative estimate of drug-likeness (QED) is 0.219. The molecular weight excluding hydrogens is 498 g/mol. The molecule has 0 amide bonds. The first-order valence-corrected chi connectivity index (χ1v) is 14.1. The van der Waals surface area contributed by atoms with Gasteiger partial charge in [-0.15, -0.1) is 0 Å². The standard InChI is InChI=1S/C38H25N3/c1-2-13-26(14-3-1)40-35-23-10-6-19-31(35)38-37(40)32-20-7-11-24-36(32)41(38)28-16-12-15-27(25-28)39-33-21-8-4-17-29(33)30-18-5-9-22-34(30)39/h1-25H. The highest BCUT2D eigenvalue weighted by atomic mass is 15.1. The molecule has 6 aromatic carbocycles. The third-order valence-electron chi connectivity index (χ3n) is 8.41. The van der Waals surface area contributed by atoms with Gasteiger partial charge in [-0.05, 0) is 54.6 Å². The van der Waals surface area contributed by atoms with E-state index < -0.39 is 0 Å². The predicted molar refractivity (Wildman–Crippen MR) is 172 cm³/mol. The van der Waals surface area contributed by atoms with Gasteiger partial charge in [0.25, 0.3) is 0 Å². The minimum absolute atomic E-state index is 1.14. The third kappa shape index (κ3) is 3.09. The van der Waals surface area contributed by atoms with Crippen LogP contribution in [0.15, 0.2) is 152 Å². The van der Waals surface area contributed by atoms with Crippen LogP contribution in [-0.2, 0) is 0 Å². The van der Waals surface area contributed by atoms with Gasteiger partial charge in [0.2, 0.25) is 0 Å². The second kappa shape index (κ2) is 8.48. The number of aromatic nitrogens is 3. The lowest BCUT2D eigenvalue weighted by Gasteiger charge is -2.12. The molecule has 0 atom stereocenters. The molecule has 3 heterocycles. The number of hydrogen-bond acceptors (Lipinski definition) is 0. The fourth-order valence-corrected chi connectivity index (χ4v) is 6.77. The van der Waals surface area contributed by atoms with Crippen LogP contribution in [0.3, 0.4) is 0 Å². The zero-order chi connectivity index (χ0) is 26.9. The van der Waals surface area contributed by atoms with Crippen LogP contribution in [0.1, 0.15) is 0 Å². The highest BCUT2D eigenvalue weighted by Crippen LogP contribution is 2.41. The Morgan fingerprint density at radius 1 is 0.268 bits per heavy atom. The molecule has 3 aromatic heterocycles. The summed E-state index contributed by atoms with van der Waals surface area (Å²) >= 11 is 0. The molecule has 3 nitrogen and oxygen atoms in total. The van der Waals surface area contributed by atoms with E-state index in [1.165, 1.54) is 60.3 Å². The second-order valence-corrected chi connectivity index (χ2v) is 10.6. The van der Waals surface area contributed by atoms with Gasteiger partial charge in [-0.2, -0.15) is 0 Å². The Labute approximate surface area is 236 Å².